The van der Waals surface area contributed by atoms with Crippen LogP contribution in [-0.4, -0.2) is 77.8 Å². The first kappa shape index (κ1) is 25.0. The number of primary amides is 1. The fourth-order valence-electron chi connectivity index (χ4n) is 4.41. The minimum Gasteiger partial charge on any atom is -0.369 e. The molecule has 0 radical (unpaired) electrons. The predicted molar refractivity (Wildman–Crippen MR) is 133 cm³/mol. The van der Waals surface area contributed by atoms with Gasteiger partial charge in [-0.15, -0.1) is 0 Å². The molecule has 33 heavy (non-hydrogen) atoms. The molecule has 1 aliphatic heterocycles. The van der Waals surface area contributed by atoms with Crippen LogP contribution in [0.5, 0.6) is 0 Å². The normalized spacial score (nSPS) is 16.7. The largest absolute Gasteiger partial charge is 0.369 e. The molecule has 0 spiro atoms. The summed E-state index contributed by atoms with van der Waals surface area (Å²) in [6.07, 6.45) is 5.38. The number of imidazole rings is 1. The maximum Gasteiger partial charge on any atom is 0.255 e. The van der Waals surface area contributed by atoms with Gasteiger partial charge in [0.1, 0.15) is 11.5 Å². The number of pyridine rings is 1. The lowest BCUT2D eigenvalue weighted by Crippen LogP contribution is -2.44. The summed E-state index contributed by atoms with van der Waals surface area (Å²) in [4.78, 5) is 36.2. The fraction of sp³-hybridized carbons (Fsp3) is 0.640. The topological polar surface area (TPSA) is 87.2 Å². The SMILES string of the molecule is CCc1nc2ccc(C(=O)N3CCCC(C(N)=O)C3)cn2c1N(CCC(C)C)CCN(C)C. The third-order valence-electron chi connectivity index (χ3n) is 6.45. The highest BCUT2D eigenvalue weighted by Gasteiger charge is 2.28. The van der Waals surface area contributed by atoms with Gasteiger partial charge >= 0.3 is 0 Å². The molecule has 2 aromatic rings. The average Bonchev–Trinajstić information content (AvgIpc) is 3.16. The minimum atomic E-state index is -0.325. The number of aryl methyl sites for hydroxylation is 1. The number of rotatable bonds is 10. The molecule has 8 heteroatoms. The zero-order valence-corrected chi connectivity index (χ0v) is 20.9. The number of likely N-dealkylation sites (tertiary alicyclic amines) is 1. The predicted octanol–water partition coefficient (Wildman–Crippen LogP) is 2.65. The highest BCUT2D eigenvalue weighted by atomic mass is 16.2. The van der Waals surface area contributed by atoms with E-state index in [4.69, 9.17) is 10.7 Å². The van der Waals surface area contributed by atoms with Crippen molar-refractivity contribution in [3.63, 3.8) is 0 Å². The van der Waals surface area contributed by atoms with Gasteiger partial charge in [-0.2, -0.15) is 0 Å². The summed E-state index contributed by atoms with van der Waals surface area (Å²) in [5.41, 5.74) is 8.03. The van der Waals surface area contributed by atoms with Crippen LogP contribution in [0.2, 0.25) is 0 Å². The molecule has 3 heterocycles. The number of anilines is 1. The number of amides is 2. The van der Waals surface area contributed by atoms with E-state index in [0.717, 1.165) is 62.5 Å². The molecule has 0 aromatic carbocycles. The second kappa shape index (κ2) is 11.0. The molecule has 1 atom stereocenters. The van der Waals surface area contributed by atoms with Gasteiger partial charge in [0.25, 0.3) is 5.91 Å². The summed E-state index contributed by atoms with van der Waals surface area (Å²) in [5.74, 6) is 1.04. The third kappa shape index (κ3) is 6.05. The van der Waals surface area contributed by atoms with Crippen LogP contribution < -0.4 is 10.6 Å². The Hall–Kier alpha value is -2.61. The van der Waals surface area contributed by atoms with Gasteiger partial charge in [-0.3, -0.25) is 14.0 Å². The molecule has 1 unspecified atom stereocenters. The molecule has 2 amide bonds. The van der Waals surface area contributed by atoms with Crippen LogP contribution in [0, 0.1) is 11.8 Å². The van der Waals surface area contributed by atoms with Crippen molar-refractivity contribution in [3.8, 4) is 0 Å². The molecule has 0 bridgehead atoms. The Labute approximate surface area is 197 Å². The van der Waals surface area contributed by atoms with Gasteiger partial charge in [0, 0.05) is 38.9 Å². The fourth-order valence-corrected chi connectivity index (χ4v) is 4.41. The zero-order valence-electron chi connectivity index (χ0n) is 20.9. The van der Waals surface area contributed by atoms with Gasteiger partial charge in [-0.25, -0.2) is 4.98 Å². The van der Waals surface area contributed by atoms with Crippen molar-refractivity contribution >= 4 is 23.3 Å². The van der Waals surface area contributed by atoms with Crippen LogP contribution in [-0.2, 0) is 11.2 Å². The first-order chi connectivity index (χ1) is 15.7. The number of aromatic nitrogens is 2. The van der Waals surface area contributed by atoms with Gasteiger partial charge in [0.05, 0.1) is 17.2 Å². The standard InChI is InChI=1S/C25H40N6O2/c1-6-21-24(29(13-11-18(2)3)15-14-28(4)5)31-17-20(9-10-22(31)27-21)25(33)30-12-7-8-19(16-30)23(26)32/h9-10,17-19H,6-8,11-16H2,1-5H3,(H2,26,32). The van der Waals surface area contributed by atoms with Crippen molar-refractivity contribution in [1.82, 2.24) is 19.2 Å². The molecule has 1 fully saturated rings. The summed E-state index contributed by atoms with van der Waals surface area (Å²) in [5, 5.41) is 0. The highest BCUT2D eigenvalue weighted by molar-refractivity contribution is 5.95. The summed E-state index contributed by atoms with van der Waals surface area (Å²) in [7, 11) is 4.18. The zero-order chi connectivity index (χ0) is 24.1. The molecule has 0 aliphatic carbocycles. The van der Waals surface area contributed by atoms with Gasteiger partial charge in [-0.05, 0) is 57.8 Å². The molecule has 0 saturated carbocycles. The van der Waals surface area contributed by atoms with Gasteiger partial charge in [-0.1, -0.05) is 20.8 Å². The molecule has 3 rings (SSSR count). The number of piperidine rings is 1. The molecular formula is C25H40N6O2. The van der Waals surface area contributed by atoms with Crippen LogP contribution >= 0.6 is 0 Å². The Morgan fingerprint density at radius 2 is 1.97 bits per heavy atom. The number of fused-ring (bicyclic) bond motifs is 1. The maximum atomic E-state index is 13.3. The van der Waals surface area contributed by atoms with E-state index in [2.05, 4.69) is 49.1 Å². The highest BCUT2D eigenvalue weighted by Crippen LogP contribution is 2.26. The molecular weight excluding hydrogens is 416 g/mol. The first-order valence-corrected chi connectivity index (χ1v) is 12.2. The van der Waals surface area contributed by atoms with Crippen LogP contribution in [0.15, 0.2) is 18.3 Å². The lowest BCUT2D eigenvalue weighted by Gasteiger charge is -2.31. The van der Waals surface area contributed by atoms with Crippen LogP contribution in [0.3, 0.4) is 0 Å². The van der Waals surface area contributed by atoms with E-state index in [1.165, 1.54) is 0 Å². The smallest absolute Gasteiger partial charge is 0.255 e. The van der Waals surface area contributed by atoms with Crippen molar-refractivity contribution in [1.29, 1.82) is 0 Å². The Morgan fingerprint density at radius 1 is 1.21 bits per heavy atom. The quantitative estimate of drug-likeness (QED) is 0.594. The monoisotopic (exact) mass is 456 g/mol. The lowest BCUT2D eigenvalue weighted by molar-refractivity contribution is -0.123. The molecule has 2 N–H and O–H groups in total. The second-order valence-corrected chi connectivity index (χ2v) is 9.85. The van der Waals surface area contributed by atoms with Crippen molar-refractivity contribution in [2.24, 2.45) is 17.6 Å². The van der Waals surface area contributed by atoms with E-state index in [9.17, 15) is 9.59 Å². The Morgan fingerprint density at radius 3 is 2.61 bits per heavy atom. The number of carbonyl (C=O) groups excluding carboxylic acids is 2. The van der Waals surface area contributed by atoms with E-state index in [0.29, 0.717) is 24.6 Å². The van der Waals surface area contributed by atoms with Crippen molar-refractivity contribution in [2.75, 3.05) is 51.7 Å². The van der Waals surface area contributed by atoms with E-state index in [-0.39, 0.29) is 17.7 Å². The molecule has 2 aromatic heterocycles. The van der Waals surface area contributed by atoms with Crippen molar-refractivity contribution < 1.29 is 9.59 Å². The first-order valence-electron chi connectivity index (χ1n) is 12.2. The molecule has 182 valence electrons. The lowest BCUT2D eigenvalue weighted by atomic mass is 9.97. The van der Waals surface area contributed by atoms with Crippen LogP contribution in [0.4, 0.5) is 5.82 Å². The van der Waals surface area contributed by atoms with Crippen LogP contribution in [0.1, 0.15) is 56.1 Å². The molecule has 8 nitrogen and oxygen atoms in total. The Bertz CT molecular complexity index is 955. The maximum absolute atomic E-state index is 13.3. The number of likely N-dealkylation sites (N-methyl/N-ethyl adjacent to an activating group) is 1. The van der Waals surface area contributed by atoms with E-state index in [1.54, 1.807) is 4.90 Å². The number of hydrogen-bond donors (Lipinski definition) is 1. The van der Waals surface area contributed by atoms with Crippen LogP contribution in [0.25, 0.3) is 5.65 Å². The minimum absolute atomic E-state index is 0.0532. The van der Waals surface area contributed by atoms with E-state index >= 15 is 0 Å². The third-order valence-corrected chi connectivity index (χ3v) is 6.45. The number of nitrogens with zero attached hydrogens (tertiary/aromatic N) is 5. The van der Waals surface area contributed by atoms with E-state index in [1.807, 2.05) is 18.3 Å². The molecule has 1 aliphatic rings. The summed E-state index contributed by atoms with van der Waals surface area (Å²) in [6.45, 7) is 10.4. The van der Waals surface area contributed by atoms with E-state index < -0.39 is 0 Å². The van der Waals surface area contributed by atoms with Gasteiger partial charge in [0.2, 0.25) is 5.91 Å². The van der Waals surface area contributed by atoms with Crippen molar-refractivity contribution in [2.45, 2.75) is 46.5 Å². The van der Waals surface area contributed by atoms with Gasteiger partial charge < -0.3 is 20.4 Å². The summed E-state index contributed by atoms with van der Waals surface area (Å²) < 4.78 is 2.08. The number of carbonyl (C=O) groups is 2. The van der Waals surface area contributed by atoms with Gasteiger partial charge in [0.15, 0.2) is 0 Å². The number of hydrogen-bond acceptors (Lipinski definition) is 5. The molecule has 1 saturated heterocycles. The summed E-state index contributed by atoms with van der Waals surface area (Å²) >= 11 is 0. The average molecular weight is 457 g/mol. The Balaban J connectivity index is 1.96. The Kier molecular flexibility index (Phi) is 8.35. The number of nitrogens with two attached hydrogens (primary N) is 1. The summed E-state index contributed by atoms with van der Waals surface area (Å²) in [6, 6.07) is 3.78. The second-order valence-electron chi connectivity index (χ2n) is 9.85. The van der Waals surface area contributed by atoms with Crippen molar-refractivity contribution in [3.05, 3.63) is 29.6 Å².